The van der Waals surface area contributed by atoms with Crippen molar-refractivity contribution in [3.63, 3.8) is 0 Å². The first-order valence-corrected chi connectivity index (χ1v) is 11.7. The summed E-state index contributed by atoms with van der Waals surface area (Å²) in [6, 6.07) is 7.50. The maximum Gasteiger partial charge on any atom is 0.330 e. The lowest BCUT2D eigenvalue weighted by Crippen LogP contribution is -2.57. The van der Waals surface area contributed by atoms with Crippen molar-refractivity contribution in [3.05, 3.63) is 68.6 Å². The predicted molar refractivity (Wildman–Crippen MR) is 128 cm³/mol. The number of thiophene rings is 1. The number of carbonyl (C=O) groups excluding carboxylic acids is 1. The second-order valence-electron chi connectivity index (χ2n) is 8.72. The van der Waals surface area contributed by atoms with E-state index in [2.05, 4.69) is 15.2 Å². The fourth-order valence-corrected chi connectivity index (χ4v) is 5.70. The second-order valence-corrected chi connectivity index (χ2v) is 9.72. The van der Waals surface area contributed by atoms with Crippen LogP contribution in [0.2, 0.25) is 0 Å². The van der Waals surface area contributed by atoms with Gasteiger partial charge >= 0.3 is 5.69 Å². The van der Waals surface area contributed by atoms with Crippen LogP contribution in [-0.2, 0) is 16.9 Å². The van der Waals surface area contributed by atoms with Crippen LogP contribution in [0.4, 0.5) is 0 Å². The number of rotatable bonds is 5. The minimum absolute atomic E-state index is 0.00222. The molecule has 1 saturated heterocycles. The van der Waals surface area contributed by atoms with E-state index in [1.54, 1.807) is 24.4 Å². The molecule has 1 aliphatic heterocycles. The van der Waals surface area contributed by atoms with Gasteiger partial charge in [0.2, 0.25) is 5.91 Å². The van der Waals surface area contributed by atoms with Crippen molar-refractivity contribution >= 4 is 27.5 Å². The first kappa shape index (κ1) is 22.1. The lowest BCUT2D eigenvalue weighted by atomic mass is 9.89. The number of aromatic nitrogens is 5. The fraction of sp³-hybridized carbons (Fsp3) is 0.348. The third-order valence-electron chi connectivity index (χ3n) is 6.40. The number of benzene rings is 1. The molecule has 1 N–H and O–H groups in total. The summed E-state index contributed by atoms with van der Waals surface area (Å²) in [5.74, 6) is 0.735. The molecule has 1 unspecified atom stereocenters. The van der Waals surface area contributed by atoms with Gasteiger partial charge in [-0.1, -0.05) is 23.5 Å². The predicted octanol–water partition coefficient (Wildman–Crippen LogP) is 2.19. The number of amides is 1. The molecule has 1 aromatic carbocycles. The molecule has 4 heterocycles. The van der Waals surface area contributed by atoms with E-state index in [1.165, 1.54) is 20.7 Å². The highest BCUT2D eigenvalue weighted by Gasteiger charge is 2.39. The first-order chi connectivity index (χ1) is 16.3. The van der Waals surface area contributed by atoms with E-state index in [4.69, 9.17) is 4.74 Å². The highest BCUT2D eigenvalue weighted by Crippen LogP contribution is 2.32. The molecule has 11 heteroatoms. The Bertz CT molecular complexity index is 1480. The molecule has 10 nitrogen and oxygen atoms in total. The number of hydrogen-bond acceptors (Lipinski definition) is 7. The van der Waals surface area contributed by atoms with Crippen LogP contribution in [0.5, 0.6) is 5.75 Å². The number of aromatic amines is 1. The van der Waals surface area contributed by atoms with Crippen LogP contribution in [0.25, 0.3) is 15.2 Å². The summed E-state index contributed by atoms with van der Waals surface area (Å²) in [7, 11) is 1.60. The molecule has 1 amide bonds. The highest BCUT2D eigenvalue weighted by molar-refractivity contribution is 7.21. The maximum absolute atomic E-state index is 13.7. The smallest absolute Gasteiger partial charge is 0.330 e. The maximum atomic E-state index is 13.7. The van der Waals surface area contributed by atoms with Gasteiger partial charge in [-0.05, 0) is 38.0 Å². The lowest BCUT2D eigenvalue weighted by molar-refractivity contribution is -0.137. The third-order valence-corrected chi connectivity index (χ3v) is 7.57. The molecule has 0 saturated carbocycles. The molecule has 0 radical (unpaired) electrons. The molecule has 1 aliphatic rings. The zero-order valence-electron chi connectivity index (χ0n) is 19.1. The summed E-state index contributed by atoms with van der Waals surface area (Å²) in [5, 5.41) is 9.42. The molecule has 0 bridgehead atoms. The molecule has 0 spiro atoms. The topological polar surface area (TPSA) is 115 Å². The van der Waals surface area contributed by atoms with Crippen LogP contribution in [0.15, 0.2) is 46.2 Å². The fourth-order valence-electron chi connectivity index (χ4n) is 4.60. The molecule has 1 fully saturated rings. The zero-order chi connectivity index (χ0) is 24.0. The van der Waals surface area contributed by atoms with Crippen molar-refractivity contribution in [2.45, 2.75) is 38.8 Å². The van der Waals surface area contributed by atoms with E-state index < -0.39 is 11.2 Å². The molecule has 0 aliphatic carbocycles. The van der Waals surface area contributed by atoms with E-state index in [1.807, 2.05) is 38.1 Å². The van der Waals surface area contributed by atoms with Gasteiger partial charge in [0.1, 0.15) is 15.6 Å². The number of piperidine rings is 1. The van der Waals surface area contributed by atoms with Crippen LogP contribution < -0.4 is 16.0 Å². The molecule has 1 atom stereocenters. The number of fused-ring (bicyclic) bond motifs is 1. The second kappa shape index (κ2) is 8.24. The van der Waals surface area contributed by atoms with Crippen molar-refractivity contribution in [3.8, 4) is 10.8 Å². The van der Waals surface area contributed by atoms with Crippen LogP contribution in [0, 0.1) is 6.92 Å². The Hall–Kier alpha value is -3.73. The Morgan fingerprint density at radius 1 is 1.15 bits per heavy atom. The van der Waals surface area contributed by atoms with E-state index in [0.29, 0.717) is 33.7 Å². The van der Waals surface area contributed by atoms with E-state index >= 15 is 0 Å². The summed E-state index contributed by atoms with van der Waals surface area (Å²) < 4.78 is 6.48. The summed E-state index contributed by atoms with van der Waals surface area (Å²) >= 11 is 1.26. The number of nitrogens with zero attached hydrogens (tertiary/aromatic N) is 5. The summed E-state index contributed by atoms with van der Waals surface area (Å²) in [5.41, 5.74) is -0.0541. The molecule has 5 rings (SSSR count). The van der Waals surface area contributed by atoms with Crippen molar-refractivity contribution < 1.29 is 9.53 Å². The monoisotopic (exact) mass is 480 g/mol. The summed E-state index contributed by atoms with van der Waals surface area (Å²) in [6.07, 6.45) is 3.77. The molecular weight excluding hydrogens is 456 g/mol. The average Bonchev–Trinajstić information content (AvgIpc) is 3.45. The summed E-state index contributed by atoms with van der Waals surface area (Å²) in [6.45, 7) is 4.33. The van der Waals surface area contributed by atoms with Crippen LogP contribution in [0.1, 0.15) is 30.9 Å². The van der Waals surface area contributed by atoms with Gasteiger partial charge in [0.15, 0.2) is 0 Å². The van der Waals surface area contributed by atoms with Crippen molar-refractivity contribution in [2.24, 2.45) is 0 Å². The van der Waals surface area contributed by atoms with Gasteiger partial charge in [0.05, 0.1) is 30.4 Å². The van der Waals surface area contributed by atoms with Crippen molar-refractivity contribution in [2.75, 3.05) is 13.7 Å². The van der Waals surface area contributed by atoms with E-state index in [0.717, 1.165) is 11.3 Å². The number of ether oxygens (including phenoxy) is 1. The van der Waals surface area contributed by atoms with Crippen molar-refractivity contribution in [1.82, 2.24) is 29.4 Å². The lowest BCUT2D eigenvalue weighted by Gasteiger charge is -2.40. The first-order valence-electron chi connectivity index (χ1n) is 10.9. The molecule has 176 valence electrons. The zero-order valence-corrected chi connectivity index (χ0v) is 19.9. The number of hydrogen-bond donors (Lipinski definition) is 1. The van der Waals surface area contributed by atoms with Crippen molar-refractivity contribution in [1.29, 1.82) is 0 Å². The minimum atomic E-state index is -0.849. The standard InChI is InChI=1S/C23H24N6O4S/c1-14-18-19(34-21(14)29-24-10-11-25-29)26-22(32)28(20(18)31)23(2)9-8-17(30)27(13-23)12-15-4-6-16(33-3)7-5-15/h4-7,10-11H,8-9,12-13H2,1-3H3,(H,26,32). The van der Waals surface area contributed by atoms with E-state index in [-0.39, 0.29) is 24.4 Å². The van der Waals surface area contributed by atoms with Gasteiger partial charge in [0.25, 0.3) is 5.56 Å². The number of methoxy groups -OCH3 is 1. The molecule has 34 heavy (non-hydrogen) atoms. The Balaban J connectivity index is 1.54. The third kappa shape index (κ3) is 3.61. The number of likely N-dealkylation sites (tertiary alicyclic amines) is 1. The largest absolute Gasteiger partial charge is 0.497 e. The van der Waals surface area contributed by atoms with Crippen LogP contribution in [0.3, 0.4) is 0 Å². The Kier molecular flexibility index (Phi) is 5.35. The highest BCUT2D eigenvalue weighted by atomic mass is 32.1. The summed E-state index contributed by atoms with van der Waals surface area (Å²) in [4.78, 5) is 46.0. The van der Waals surface area contributed by atoms with E-state index in [9.17, 15) is 14.4 Å². The normalized spacial score (nSPS) is 18.6. The van der Waals surface area contributed by atoms with Gasteiger partial charge < -0.3 is 9.64 Å². The quantitative estimate of drug-likeness (QED) is 0.468. The Morgan fingerprint density at radius 3 is 2.53 bits per heavy atom. The van der Waals surface area contributed by atoms with Gasteiger partial charge in [-0.15, -0.1) is 4.80 Å². The average molecular weight is 481 g/mol. The van der Waals surface area contributed by atoms with Crippen LogP contribution >= 0.6 is 11.3 Å². The number of nitrogens with one attached hydrogen (secondary N) is 1. The Morgan fingerprint density at radius 2 is 1.85 bits per heavy atom. The number of H-pyrrole nitrogens is 1. The number of carbonyl (C=O) groups is 1. The van der Waals surface area contributed by atoms with Crippen LogP contribution in [-0.4, -0.2) is 49.0 Å². The molecule has 4 aromatic rings. The van der Waals surface area contributed by atoms with Gasteiger partial charge in [-0.2, -0.15) is 10.2 Å². The van der Waals surface area contributed by atoms with Gasteiger partial charge in [-0.25, -0.2) is 4.79 Å². The number of aryl methyl sites for hydroxylation is 1. The van der Waals surface area contributed by atoms with Gasteiger partial charge in [-0.3, -0.25) is 19.1 Å². The minimum Gasteiger partial charge on any atom is -0.497 e. The van der Waals surface area contributed by atoms with Gasteiger partial charge in [0, 0.05) is 25.1 Å². The Labute approximate surface area is 198 Å². The molecular formula is C23H24N6O4S. The SMILES string of the molecule is COc1ccc(CN2CC(C)(n3c(=O)[nH]c4sc(-n5nccn5)c(C)c4c3=O)CCC2=O)cc1. The molecule has 3 aromatic heterocycles.